The number of benzene rings is 1. The Morgan fingerprint density at radius 3 is 2.51 bits per heavy atom. The second-order valence-corrected chi connectivity index (χ2v) is 13.9. The van der Waals surface area contributed by atoms with Gasteiger partial charge in [0.25, 0.3) is 0 Å². The summed E-state index contributed by atoms with van der Waals surface area (Å²) in [6.07, 6.45) is 18.3. The normalized spacial score (nSPS) is 29.1. The van der Waals surface area contributed by atoms with Gasteiger partial charge in [0.2, 0.25) is 5.91 Å². The van der Waals surface area contributed by atoms with Crippen molar-refractivity contribution in [2.45, 2.75) is 129 Å². The SMILES string of the molecule is CCCCN(C)C(=O)CCCCCCCc1ccc([C@H]2C[C@]3(C)[C@@H](O)CC[C@H]3[C@@H]3CCC4=CC(=O)CCC4=C32)cc1. The summed E-state index contributed by atoms with van der Waals surface area (Å²) < 4.78 is 0. The molecule has 2 saturated carbocycles. The molecule has 41 heavy (non-hydrogen) atoms. The van der Waals surface area contributed by atoms with Crippen LogP contribution in [0.4, 0.5) is 0 Å². The zero-order valence-electron chi connectivity index (χ0n) is 25.9. The second-order valence-electron chi connectivity index (χ2n) is 13.9. The lowest BCUT2D eigenvalue weighted by Crippen LogP contribution is -2.45. The van der Waals surface area contributed by atoms with Gasteiger partial charge in [0, 0.05) is 32.4 Å². The molecule has 0 saturated heterocycles. The van der Waals surface area contributed by atoms with Gasteiger partial charge in [0.15, 0.2) is 5.78 Å². The number of rotatable bonds is 12. The van der Waals surface area contributed by atoms with Crippen LogP contribution in [0, 0.1) is 17.3 Å². The van der Waals surface area contributed by atoms with E-state index in [-0.39, 0.29) is 11.5 Å². The van der Waals surface area contributed by atoms with Crippen LogP contribution in [-0.4, -0.2) is 41.4 Å². The molecule has 5 atom stereocenters. The number of fused-ring (bicyclic) bond motifs is 4. The van der Waals surface area contributed by atoms with Crippen LogP contribution in [-0.2, 0) is 16.0 Å². The minimum Gasteiger partial charge on any atom is -0.393 e. The van der Waals surface area contributed by atoms with E-state index in [4.69, 9.17) is 0 Å². The van der Waals surface area contributed by atoms with Gasteiger partial charge in [-0.1, -0.05) is 69.4 Å². The summed E-state index contributed by atoms with van der Waals surface area (Å²) in [6.45, 7) is 5.40. The molecule has 4 aliphatic carbocycles. The van der Waals surface area contributed by atoms with Crippen LogP contribution in [0.2, 0.25) is 0 Å². The first kappa shape index (κ1) is 30.3. The summed E-state index contributed by atoms with van der Waals surface area (Å²) in [5, 5.41) is 11.1. The Morgan fingerprint density at radius 2 is 1.73 bits per heavy atom. The Bertz CT molecular complexity index is 1150. The van der Waals surface area contributed by atoms with Gasteiger partial charge in [-0.25, -0.2) is 0 Å². The molecule has 4 nitrogen and oxygen atoms in total. The van der Waals surface area contributed by atoms with E-state index < -0.39 is 0 Å². The third kappa shape index (κ3) is 6.58. The number of aliphatic hydroxyl groups is 1. The summed E-state index contributed by atoms with van der Waals surface area (Å²) in [5.41, 5.74) is 7.21. The lowest BCUT2D eigenvalue weighted by atomic mass is 9.53. The fourth-order valence-corrected chi connectivity index (χ4v) is 8.69. The van der Waals surface area contributed by atoms with Crippen molar-refractivity contribution < 1.29 is 14.7 Å². The van der Waals surface area contributed by atoms with Crippen molar-refractivity contribution in [2.24, 2.45) is 17.3 Å². The highest BCUT2D eigenvalue weighted by Gasteiger charge is 2.56. The third-order valence-corrected chi connectivity index (χ3v) is 11.2. The second kappa shape index (κ2) is 13.4. The molecular weight excluding hydrogens is 506 g/mol. The van der Waals surface area contributed by atoms with Crippen LogP contribution in [0.25, 0.3) is 0 Å². The molecule has 0 aliphatic heterocycles. The molecule has 1 aromatic carbocycles. The molecule has 4 aliphatic rings. The van der Waals surface area contributed by atoms with Gasteiger partial charge in [0.05, 0.1) is 6.10 Å². The van der Waals surface area contributed by atoms with Gasteiger partial charge < -0.3 is 10.0 Å². The topological polar surface area (TPSA) is 57.6 Å². The number of amides is 1. The molecule has 2 fully saturated rings. The summed E-state index contributed by atoms with van der Waals surface area (Å²) in [4.78, 5) is 26.3. The quantitative estimate of drug-likeness (QED) is 0.263. The largest absolute Gasteiger partial charge is 0.393 e. The Hall–Kier alpha value is -2.20. The van der Waals surface area contributed by atoms with Crippen molar-refractivity contribution in [1.82, 2.24) is 4.90 Å². The molecule has 0 bridgehead atoms. The van der Waals surface area contributed by atoms with Crippen LogP contribution in [0.5, 0.6) is 0 Å². The van der Waals surface area contributed by atoms with E-state index in [2.05, 4.69) is 38.1 Å². The van der Waals surface area contributed by atoms with Gasteiger partial charge in [0.1, 0.15) is 0 Å². The minimum absolute atomic E-state index is 0.0146. The first-order valence-electron chi connectivity index (χ1n) is 16.8. The molecule has 0 heterocycles. The van der Waals surface area contributed by atoms with E-state index in [0.29, 0.717) is 42.3 Å². The fraction of sp³-hybridized carbons (Fsp3) is 0.676. The molecule has 0 radical (unpaired) electrons. The van der Waals surface area contributed by atoms with Gasteiger partial charge in [-0.15, -0.1) is 0 Å². The van der Waals surface area contributed by atoms with Gasteiger partial charge >= 0.3 is 0 Å². The monoisotopic (exact) mass is 559 g/mol. The maximum atomic E-state index is 12.2. The standard InChI is InChI=1S/C37H53NO3/c1-4-5-23-38(3)35(41)12-10-8-6-7-9-11-26-13-15-27(16-14-26)32-25-37(2)33(21-22-34(37)40)31-19-17-28-24-29(39)18-20-30(28)36(31)32/h13-16,24,31-34,40H,4-12,17-23,25H2,1-3H3/t31-,32+,33-,34-,37-/m0/s1. The molecule has 4 heteroatoms. The zero-order chi connectivity index (χ0) is 29.0. The van der Waals surface area contributed by atoms with E-state index in [0.717, 1.165) is 77.2 Å². The summed E-state index contributed by atoms with van der Waals surface area (Å²) in [7, 11) is 1.93. The Kier molecular flexibility index (Phi) is 9.89. The van der Waals surface area contributed by atoms with Crippen molar-refractivity contribution in [1.29, 1.82) is 0 Å². The minimum atomic E-state index is -0.203. The number of unbranched alkanes of at least 4 members (excludes halogenated alkanes) is 5. The van der Waals surface area contributed by atoms with Gasteiger partial charge in [-0.05, 0) is 110 Å². The first-order chi connectivity index (χ1) is 19.8. The Balaban J connectivity index is 1.18. The molecule has 0 unspecified atom stereocenters. The number of allylic oxidation sites excluding steroid dienone is 4. The van der Waals surface area contributed by atoms with Crippen LogP contribution >= 0.6 is 0 Å². The lowest BCUT2D eigenvalue weighted by molar-refractivity contribution is -0.130. The summed E-state index contributed by atoms with van der Waals surface area (Å²) in [5.74, 6) is 2.05. The molecule has 5 rings (SSSR count). The van der Waals surface area contributed by atoms with E-state index in [9.17, 15) is 14.7 Å². The number of aryl methyl sites for hydroxylation is 1. The van der Waals surface area contributed by atoms with Crippen LogP contribution in [0.15, 0.2) is 47.1 Å². The van der Waals surface area contributed by atoms with E-state index in [1.54, 1.807) is 5.57 Å². The van der Waals surface area contributed by atoms with E-state index in [1.165, 1.54) is 41.5 Å². The molecule has 0 aromatic heterocycles. The van der Waals surface area contributed by atoms with Crippen LogP contribution in [0.3, 0.4) is 0 Å². The number of nitrogens with zero attached hydrogens (tertiary/aromatic N) is 1. The smallest absolute Gasteiger partial charge is 0.222 e. The maximum absolute atomic E-state index is 12.2. The number of carbonyl (C=O) groups is 2. The lowest BCUT2D eigenvalue weighted by Gasteiger charge is -2.52. The Labute approximate surface area is 248 Å². The molecular formula is C37H53NO3. The maximum Gasteiger partial charge on any atom is 0.222 e. The van der Waals surface area contributed by atoms with Gasteiger partial charge in [-0.2, -0.15) is 0 Å². The molecule has 1 amide bonds. The number of hydrogen-bond donors (Lipinski definition) is 1. The number of carbonyl (C=O) groups excluding carboxylic acids is 2. The molecule has 1 N–H and O–H groups in total. The Morgan fingerprint density at radius 1 is 0.976 bits per heavy atom. The van der Waals surface area contributed by atoms with Crippen molar-refractivity contribution in [2.75, 3.05) is 13.6 Å². The van der Waals surface area contributed by atoms with Crippen LogP contribution < -0.4 is 0 Å². The fourth-order valence-electron chi connectivity index (χ4n) is 8.69. The van der Waals surface area contributed by atoms with Crippen molar-refractivity contribution in [3.63, 3.8) is 0 Å². The molecule has 1 aromatic rings. The number of hydrogen-bond acceptors (Lipinski definition) is 3. The van der Waals surface area contributed by atoms with E-state index >= 15 is 0 Å². The van der Waals surface area contributed by atoms with Crippen LogP contribution in [0.1, 0.15) is 127 Å². The zero-order valence-corrected chi connectivity index (χ0v) is 25.9. The van der Waals surface area contributed by atoms with Crippen molar-refractivity contribution in [3.05, 3.63) is 58.2 Å². The predicted octanol–water partition coefficient (Wildman–Crippen LogP) is 8.09. The summed E-state index contributed by atoms with van der Waals surface area (Å²) >= 11 is 0. The number of ketones is 1. The first-order valence-corrected chi connectivity index (χ1v) is 16.8. The average Bonchev–Trinajstić information content (AvgIpc) is 3.28. The molecule has 224 valence electrons. The highest BCUT2D eigenvalue weighted by atomic mass is 16.3. The molecule has 0 spiro atoms. The van der Waals surface area contributed by atoms with Gasteiger partial charge in [-0.3, -0.25) is 9.59 Å². The average molecular weight is 560 g/mol. The highest BCUT2D eigenvalue weighted by molar-refractivity contribution is 5.93. The predicted molar refractivity (Wildman–Crippen MR) is 167 cm³/mol. The summed E-state index contributed by atoms with van der Waals surface area (Å²) in [6, 6.07) is 9.40. The van der Waals surface area contributed by atoms with E-state index in [1.807, 2.05) is 18.0 Å². The third-order valence-electron chi connectivity index (χ3n) is 11.2. The van der Waals surface area contributed by atoms with Crippen molar-refractivity contribution in [3.8, 4) is 0 Å². The highest BCUT2D eigenvalue weighted by Crippen LogP contribution is 2.63. The van der Waals surface area contributed by atoms with Crippen molar-refractivity contribution >= 4 is 11.7 Å². The number of aliphatic hydroxyl groups excluding tert-OH is 1.